The third-order valence-electron chi connectivity index (χ3n) is 3.67. The Morgan fingerprint density at radius 1 is 1.52 bits per heavy atom. The number of carbonyl (C=O) groups excluding carboxylic acids is 2. The number of benzene rings is 1. The summed E-state index contributed by atoms with van der Waals surface area (Å²) in [6.07, 6.45) is 0.941. The molecule has 0 aromatic heterocycles. The number of amides is 2. The van der Waals surface area contributed by atoms with Crippen LogP contribution < -0.4 is 10.1 Å². The average Bonchev–Trinajstić information content (AvgIpc) is 2.80. The van der Waals surface area contributed by atoms with E-state index in [0.29, 0.717) is 36.7 Å². The molecule has 0 radical (unpaired) electrons. The van der Waals surface area contributed by atoms with E-state index in [1.54, 1.807) is 25.1 Å². The van der Waals surface area contributed by atoms with Gasteiger partial charge in [-0.1, -0.05) is 17.7 Å². The van der Waals surface area contributed by atoms with Crippen LogP contribution in [0, 0.1) is 5.92 Å². The summed E-state index contributed by atoms with van der Waals surface area (Å²) in [5.41, 5.74) is 0.956. The van der Waals surface area contributed by atoms with E-state index in [2.05, 4.69) is 5.32 Å². The van der Waals surface area contributed by atoms with Crippen molar-refractivity contribution in [2.75, 3.05) is 27.2 Å². The molecule has 0 unspecified atom stereocenters. The summed E-state index contributed by atoms with van der Waals surface area (Å²) in [5, 5.41) is 3.49. The minimum Gasteiger partial charge on any atom is -0.497 e. The first-order valence-corrected chi connectivity index (χ1v) is 7.23. The maximum absolute atomic E-state index is 12.0. The molecule has 2 rings (SSSR count). The van der Waals surface area contributed by atoms with Crippen molar-refractivity contribution in [2.24, 2.45) is 5.92 Å². The Labute approximate surface area is 129 Å². The van der Waals surface area contributed by atoms with E-state index >= 15 is 0 Å². The number of carbonyl (C=O) groups is 2. The molecule has 5 nitrogen and oxygen atoms in total. The third kappa shape index (κ3) is 3.88. The second-order valence-electron chi connectivity index (χ2n) is 5.17. The molecule has 1 aromatic rings. The van der Waals surface area contributed by atoms with E-state index < -0.39 is 0 Å². The van der Waals surface area contributed by atoms with Crippen LogP contribution in [-0.2, 0) is 16.0 Å². The van der Waals surface area contributed by atoms with Crippen molar-refractivity contribution in [3.63, 3.8) is 0 Å². The van der Waals surface area contributed by atoms with E-state index in [-0.39, 0.29) is 17.7 Å². The topological polar surface area (TPSA) is 58.6 Å². The van der Waals surface area contributed by atoms with Gasteiger partial charge >= 0.3 is 0 Å². The fourth-order valence-corrected chi connectivity index (χ4v) is 2.63. The zero-order chi connectivity index (χ0) is 15.4. The maximum atomic E-state index is 12.0. The molecule has 0 spiro atoms. The van der Waals surface area contributed by atoms with Gasteiger partial charge in [0.05, 0.1) is 13.0 Å². The zero-order valence-corrected chi connectivity index (χ0v) is 12.9. The summed E-state index contributed by atoms with van der Waals surface area (Å²) in [6.45, 7) is 0.993. The van der Waals surface area contributed by atoms with E-state index in [1.807, 2.05) is 12.1 Å². The van der Waals surface area contributed by atoms with E-state index in [9.17, 15) is 9.59 Å². The van der Waals surface area contributed by atoms with Gasteiger partial charge in [-0.2, -0.15) is 0 Å². The van der Waals surface area contributed by atoms with Crippen molar-refractivity contribution < 1.29 is 14.3 Å². The Morgan fingerprint density at radius 3 is 2.86 bits per heavy atom. The molecule has 1 N–H and O–H groups in total. The lowest BCUT2D eigenvalue weighted by atomic mass is 10.1. The summed E-state index contributed by atoms with van der Waals surface area (Å²) in [6, 6.07) is 5.48. The summed E-state index contributed by atoms with van der Waals surface area (Å²) in [5.74, 6) is 0.416. The third-order valence-corrected chi connectivity index (χ3v) is 4.02. The van der Waals surface area contributed by atoms with Gasteiger partial charge in [0.1, 0.15) is 5.75 Å². The first-order valence-electron chi connectivity index (χ1n) is 6.85. The lowest BCUT2D eigenvalue weighted by Crippen LogP contribution is -2.33. The van der Waals surface area contributed by atoms with Gasteiger partial charge in [-0.05, 0) is 24.1 Å². The van der Waals surface area contributed by atoms with Crippen LogP contribution in [0.25, 0.3) is 0 Å². The minimum atomic E-state index is -0.242. The molecule has 1 aliphatic heterocycles. The summed E-state index contributed by atoms with van der Waals surface area (Å²) < 4.78 is 5.09. The van der Waals surface area contributed by atoms with Gasteiger partial charge in [-0.3, -0.25) is 9.59 Å². The number of methoxy groups -OCH3 is 1. The molecule has 1 aliphatic rings. The second kappa shape index (κ2) is 6.80. The Balaban J connectivity index is 1.82. The van der Waals surface area contributed by atoms with E-state index in [0.717, 1.165) is 5.56 Å². The molecule has 0 bridgehead atoms. The molecule has 1 aromatic carbocycles. The Kier molecular flexibility index (Phi) is 5.07. The number of nitrogens with zero attached hydrogens (tertiary/aromatic N) is 1. The van der Waals surface area contributed by atoms with E-state index in [1.165, 1.54) is 0 Å². The molecule has 1 heterocycles. The van der Waals surface area contributed by atoms with Crippen LogP contribution in [0.2, 0.25) is 5.02 Å². The van der Waals surface area contributed by atoms with Crippen molar-refractivity contribution in [3.05, 3.63) is 28.8 Å². The van der Waals surface area contributed by atoms with Crippen molar-refractivity contribution in [1.82, 2.24) is 10.2 Å². The quantitative estimate of drug-likeness (QED) is 0.896. The summed E-state index contributed by atoms with van der Waals surface area (Å²) in [4.78, 5) is 25.0. The Bertz CT molecular complexity index is 548. The molecule has 21 heavy (non-hydrogen) atoms. The second-order valence-corrected chi connectivity index (χ2v) is 5.58. The lowest BCUT2D eigenvalue weighted by Gasteiger charge is -2.11. The van der Waals surface area contributed by atoms with Crippen LogP contribution in [0.3, 0.4) is 0 Å². The molecule has 2 amide bonds. The molecule has 6 heteroatoms. The number of rotatable bonds is 5. The number of ether oxygens (including phenoxy) is 1. The highest BCUT2D eigenvalue weighted by molar-refractivity contribution is 6.31. The van der Waals surface area contributed by atoms with Crippen LogP contribution in [0.15, 0.2) is 18.2 Å². The van der Waals surface area contributed by atoms with Gasteiger partial charge in [-0.25, -0.2) is 0 Å². The highest BCUT2D eigenvalue weighted by Crippen LogP contribution is 2.22. The predicted molar refractivity (Wildman–Crippen MR) is 80.5 cm³/mol. The summed E-state index contributed by atoms with van der Waals surface area (Å²) >= 11 is 6.14. The average molecular weight is 311 g/mol. The van der Waals surface area contributed by atoms with Crippen LogP contribution in [-0.4, -0.2) is 44.0 Å². The number of likely N-dealkylation sites (tertiary alicyclic amines) is 1. The number of nitrogens with one attached hydrogen (secondary N) is 1. The minimum absolute atomic E-state index is 0.0216. The molecule has 0 saturated carbocycles. The lowest BCUT2D eigenvalue weighted by molar-refractivity contribution is -0.128. The molecule has 1 fully saturated rings. The Hall–Kier alpha value is -1.75. The largest absolute Gasteiger partial charge is 0.497 e. The molecular weight excluding hydrogens is 292 g/mol. The van der Waals surface area contributed by atoms with Gasteiger partial charge in [0.15, 0.2) is 0 Å². The number of hydrogen-bond acceptors (Lipinski definition) is 3. The standard InChI is InChI=1S/C15H19ClN2O3/c1-18-9-11(7-14(18)19)15(20)17-6-5-10-3-4-12(21-2)8-13(10)16/h3-4,8,11H,5-7,9H2,1-2H3,(H,17,20)/t11-/m0/s1. The fourth-order valence-electron chi connectivity index (χ4n) is 2.36. The number of halogens is 1. The Morgan fingerprint density at radius 2 is 2.29 bits per heavy atom. The van der Waals surface area contributed by atoms with Crippen molar-refractivity contribution >= 4 is 23.4 Å². The molecule has 1 atom stereocenters. The van der Waals surface area contributed by atoms with Crippen LogP contribution in [0.1, 0.15) is 12.0 Å². The molecule has 1 saturated heterocycles. The monoisotopic (exact) mass is 310 g/mol. The predicted octanol–water partition coefficient (Wildman–Crippen LogP) is 1.49. The number of hydrogen-bond donors (Lipinski definition) is 1. The van der Waals surface area contributed by atoms with Gasteiger partial charge in [0, 0.05) is 31.6 Å². The summed E-state index contributed by atoms with van der Waals surface area (Å²) in [7, 11) is 3.30. The highest BCUT2D eigenvalue weighted by Gasteiger charge is 2.31. The smallest absolute Gasteiger partial charge is 0.225 e. The molecular formula is C15H19ClN2O3. The van der Waals surface area contributed by atoms with Gasteiger partial charge in [-0.15, -0.1) is 0 Å². The van der Waals surface area contributed by atoms with Crippen LogP contribution in [0.4, 0.5) is 0 Å². The van der Waals surface area contributed by atoms with Crippen molar-refractivity contribution in [2.45, 2.75) is 12.8 Å². The first kappa shape index (κ1) is 15.6. The zero-order valence-electron chi connectivity index (χ0n) is 12.2. The molecule has 114 valence electrons. The first-order chi connectivity index (χ1) is 10.0. The normalized spacial score (nSPS) is 18.0. The van der Waals surface area contributed by atoms with Crippen LogP contribution in [0.5, 0.6) is 5.75 Å². The van der Waals surface area contributed by atoms with Crippen molar-refractivity contribution in [3.8, 4) is 5.75 Å². The van der Waals surface area contributed by atoms with Crippen molar-refractivity contribution in [1.29, 1.82) is 0 Å². The molecule has 0 aliphatic carbocycles. The van der Waals surface area contributed by atoms with Crippen LogP contribution >= 0.6 is 11.6 Å². The van der Waals surface area contributed by atoms with Gasteiger partial charge in [0.25, 0.3) is 0 Å². The SMILES string of the molecule is COc1ccc(CCNC(=O)[C@H]2CC(=O)N(C)C2)c(Cl)c1. The highest BCUT2D eigenvalue weighted by atomic mass is 35.5. The fraction of sp³-hybridized carbons (Fsp3) is 0.467. The van der Waals surface area contributed by atoms with Gasteiger partial charge < -0.3 is 15.0 Å². The van der Waals surface area contributed by atoms with Gasteiger partial charge in [0.2, 0.25) is 11.8 Å². The maximum Gasteiger partial charge on any atom is 0.225 e. The van der Waals surface area contributed by atoms with E-state index in [4.69, 9.17) is 16.3 Å².